The van der Waals surface area contributed by atoms with Gasteiger partial charge in [-0.05, 0) is 30.2 Å². The average molecular weight is 479 g/mol. The van der Waals surface area contributed by atoms with E-state index in [9.17, 15) is 31.9 Å². The molecule has 1 unspecified atom stereocenters. The SMILES string of the molecule is CC(C)C(NC(=O)c1cc(-c2ccc(NS(=O)(=O)c3c(F)cccc3F)cc2)no1)C(=O)O. The molecule has 2 aromatic carbocycles. The number of sulfonamides is 1. The number of carbonyl (C=O) groups is 2. The molecule has 9 nitrogen and oxygen atoms in total. The number of halogens is 2. The second-order valence-corrected chi connectivity index (χ2v) is 8.96. The zero-order valence-electron chi connectivity index (χ0n) is 17.4. The summed E-state index contributed by atoms with van der Waals surface area (Å²) in [5.74, 6) is -4.97. The van der Waals surface area contributed by atoms with Crippen LogP contribution in [0.2, 0.25) is 0 Å². The molecule has 3 N–H and O–H groups in total. The lowest BCUT2D eigenvalue weighted by atomic mass is 10.0. The fraction of sp³-hybridized carbons (Fsp3) is 0.190. The van der Waals surface area contributed by atoms with Gasteiger partial charge in [0.2, 0.25) is 5.76 Å². The monoisotopic (exact) mass is 479 g/mol. The smallest absolute Gasteiger partial charge is 0.326 e. The summed E-state index contributed by atoms with van der Waals surface area (Å²) < 4.78 is 59.4. The van der Waals surface area contributed by atoms with Crippen molar-refractivity contribution in [3.8, 4) is 11.3 Å². The van der Waals surface area contributed by atoms with Gasteiger partial charge in [0.15, 0.2) is 4.90 Å². The van der Waals surface area contributed by atoms with E-state index >= 15 is 0 Å². The number of aromatic nitrogens is 1. The van der Waals surface area contributed by atoms with E-state index in [1.54, 1.807) is 13.8 Å². The number of rotatable bonds is 8. The molecule has 0 fully saturated rings. The lowest BCUT2D eigenvalue weighted by molar-refractivity contribution is -0.140. The number of carboxylic acid groups (broad SMARTS) is 1. The number of nitrogens with zero attached hydrogens (tertiary/aromatic N) is 1. The van der Waals surface area contributed by atoms with Crippen LogP contribution in [0.3, 0.4) is 0 Å². The standard InChI is InChI=1S/C21H19F2N3O6S/c1-11(2)18(21(28)29)24-20(27)17-10-16(25-32-17)12-6-8-13(9-7-12)26-33(30,31)19-14(22)4-3-5-15(19)23/h3-11,18,26H,1-2H3,(H,24,27)(H,28,29). The van der Waals surface area contributed by atoms with E-state index < -0.39 is 44.5 Å². The first kappa shape index (κ1) is 23.9. The van der Waals surface area contributed by atoms with Crippen molar-refractivity contribution in [2.75, 3.05) is 4.72 Å². The Bertz CT molecular complexity index is 1270. The first-order valence-corrected chi connectivity index (χ1v) is 11.1. The van der Waals surface area contributed by atoms with Crippen molar-refractivity contribution in [1.82, 2.24) is 10.5 Å². The van der Waals surface area contributed by atoms with Gasteiger partial charge in [0.05, 0.1) is 0 Å². The summed E-state index contributed by atoms with van der Waals surface area (Å²) in [4.78, 5) is 22.4. The number of hydrogen-bond acceptors (Lipinski definition) is 6. The molecule has 174 valence electrons. The Hall–Kier alpha value is -3.80. The number of nitrogens with one attached hydrogen (secondary N) is 2. The minimum absolute atomic E-state index is 0.0316. The third-order valence-corrected chi connectivity index (χ3v) is 6.01. The molecule has 1 amide bonds. The first-order valence-electron chi connectivity index (χ1n) is 9.57. The number of hydrogen-bond donors (Lipinski definition) is 3. The van der Waals surface area contributed by atoms with Crippen LogP contribution in [0.25, 0.3) is 11.3 Å². The Morgan fingerprint density at radius 3 is 2.21 bits per heavy atom. The quantitative estimate of drug-likeness (QED) is 0.451. The second-order valence-electron chi connectivity index (χ2n) is 7.34. The lowest BCUT2D eigenvalue weighted by Crippen LogP contribution is -2.44. The average Bonchev–Trinajstić information content (AvgIpc) is 3.21. The molecule has 0 radical (unpaired) electrons. The molecule has 0 saturated heterocycles. The second kappa shape index (κ2) is 9.36. The minimum Gasteiger partial charge on any atom is -0.480 e. The molecule has 0 aliphatic carbocycles. The summed E-state index contributed by atoms with van der Waals surface area (Å²) in [5.41, 5.74) is 0.701. The van der Waals surface area contributed by atoms with E-state index in [0.29, 0.717) is 5.56 Å². The van der Waals surface area contributed by atoms with Crippen LogP contribution >= 0.6 is 0 Å². The molecule has 33 heavy (non-hydrogen) atoms. The van der Waals surface area contributed by atoms with Crippen LogP contribution in [0, 0.1) is 17.6 Å². The van der Waals surface area contributed by atoms with Gasteiger partial charge >= 0.3 is 5.97 Å². The molecule has 1 atom stereocenters. The summed E-state index contributed by atoms with van der Waals surface area (Å²) in [7, 11) is -4.52. The van der Waals surface area contributed by atoms with Crippen LogP contribution in [0.4, 0.5) is 14.5 Å². The van der Waals surface area contributed by atoms with Crippen molar-refractivity contribution in [1.29, 1.82) is 0 Å². The van der Waals surface area contributed by atoms with Crippen LogP contribution in [-0.2, 0) is 14.8 Å². The molecule has 1 aromatic heterocycles. The largest absolute Gasteiger partial charge is 0.480 e. The van der Waals surface area contributed by atoms with Crippen LogP contribution in [-0.4, -0.2) is 36.6 Å². The van der Waals surface area contributed by atoms with Gasteiger partial charge in [0.25, 0.3) is 15.9 Å². The van der Waals surface area contributed by atoms with E-state index in [-0.39, 0.29) is 23.1 Å². The van der Waals surface area contributed by atoms with E-state index in [1.807, 2.05) is 0 Å². The topological polar surface area (TPSA) is 139 Å². The summed E-state index contributed by atoms with van der Waals surface area (Å²) >= 11 is 0. The Morgan fingerprint density at radius 2 is 1.67 bits per heavy atom. The third kappa shape index (κ3) is 5.34. The first-order chi connectivity index (χ1) is 15.5. The van der Waals surface area contributed by atoms with Gasteiger partial charge in [-0.1, -0.05) is 37.2 Å². The molecule has 0 aliphatic heterocycles. The molecule has 12 heteroatoms. The number of benzene rings is 2. The Labute approximate surface area is 187 Å². The maximum atomic E-state index is 13.8. The van der Waals surface area contributed by atoms with Gasteiger partial charge in [0.1, 0.15) is 23.4 Å². The van der Waals surface area contributed by atoms with Crippen LogP contribution in [0.5, 0.6) is 0 Å². The van der Waals surface area contributed by atoms with Gasteiger partial charge in [-0.3, -0.25) is 9.52 Å². The van der Waals surface area contributed by atoms with Crippen LogP contribution < -0.4 is 10.0 Å². The fourth-order valence-corrected chi connectivity index (χ4v) is 4.10. The molecule has 1 heterocycles. The summed E-state index contributed by atoms with van der Waals surface area (Å²) in [5, 5.41) is 15.3. The highest BCUT2D eigenvalue weighted by Gasteiger charge is 2.26. The van der Waals surface area contributed by atoms with E-state index in [2.05, 4.69) is 15.2 Å². The molecule has 3 rings (SSSR count). The summed E-state index contributed by atoms with van der Waals surface area (Å²) in [6.07, 6.45) is 0. The fourth-order valence-electron chi connectivity index (χ4n) is 2.90. The predicted molar refractivity (Wildman–Crippen MR) is 113 cm³/mol. The number of amides is 1. The molecule has 0 aliphatic rings. The van der Waals surface area contributed by atoms with Crippen molar-refractivity contribution in [2.45, 2.75) is 24.8 Å². The van der Waals surface area contributed by atoms with Crippen LogP contribution in [0.15, 0.2) is 57.9 Å². The zero-order valence-corrected chi connectivity index (χ0v) is 18.2. The van der Waals surface area contributed by atoms with E-state index in [1.165, 1.54) is 30.3 Å². The predicted octanol–water partition coefficient (Wildman–Crippen LogP) is 3.26. The molecule has 0 bridgehead atoms. The Balaban J connectivity index is 1.75. The Morgan fingerprint density at radius 1 is 1.06 bits per heavy atom. The molecular formula is C21H19F2N3O6S. The van der Waals surface area contributed by atoms with Crippen molar-refractivity contribution < 1.29 is 36.4 Å². The van der Waals surface area contributed by atoms with Gasteiger partial charge in [-0.15, -0.1) is 0 Å². The normalized spacial score (nSPS) is 12.4. The number of aliphatic carboxylic acids is 1. The van der Waals surface area contributed by atoms with Crippen LogP contribution in [0.1, 0.15) is 24.4 Å². The summed E-state index contributed by atoms with van der Waals surface area (Å²) in [6.45, 7) is 3.28. The zero-order chi connectivity index (χ0) is 24.3. The number of carbonyl (C=O) groups excluding carboxylic acids is 1. The van der Waals surface area contributed by atoms with E-state index in [4.69, 9.17) is 4.52 Å². The highest BCUT2D eigenvalue weighted by Crippen LogP contribution is 2.25. The third-order valence-electron chi connectivity index (χ3n) is 4.57. The van der Waals surface area contributed by atoms with Crippen molar-refractivity contribution >= 4 is 27.6 Å². The van der Waals surface area contributed by atoms with Gasteiger partial charge in [-0.25, -0.2) is 22.0 Å². The number of carboxylic acids is 1. The van der Waals surface area contributed by atoms with Gasteiger partial charge in [-0.2, -0.15) is 0 Å². The molecular weight excluding hydrogens is 460 g/mol. The number of anilines is 1. The van der Waals surface area contributed by atoms with Gasteiger partial charge < -0.3 is 14.9 Å². The Kier molecular flexibility index (Phi) is 6.77. The maximum Gasteiger partial charge on any atom is 0.326 e. The lowest BCUT2D eigenvalue weighted by Gasteiger charge is -2.16. The van der Waals surface area contributed by atoms with Crippen molar-refractivity contribution in [3.05, 3.63) is 65.9 Å². The highest BCUT2D eigenvalue weighted by molar-refractivity contribution is 7.92. The summed E-state index contributed by atoms with van der Waals surface area (Å²) in [6, 6.07) is 8.46. The minimum atomic E-state index is -4.52. The maximum absolute atomic E-state index is 13.8. The molecule has 0 spiro atoms. The van der Waals surface area contributed by atoms with Crippen molar-refractivity contribution in [2.24, 2.45) is 5.92 Å². The van der Waals surface area contributed by atoms with Crippen molar-refractivity contribution in [3.63, 3.8) is 0 Å². The molecule has 3 aromatic rings. The van der Waals surface area contributed by atoms with Gasteiger partial charge in [0, 0.05) is 17.3 Å². The molecule has 0 saturated carbocycles. The highest BCUT2D eigenvalue weighted by atomic mass is 32.2. The van der Waals surface area contributed by atoms with E-state index in [0.717, 1.165) is 18.2 Å².